The van der Waals surface area contributed by atoms with E-state index in [2.05, 4.69) is 10.5 Å². The molecule has 2 aromatic carbocycles. The van der Waals surface area contributed by atoms with Crippen LogP contribution in [0.5, 0.6) is 0 Å². The zero-order valence-electron chi connectivity index (χ0n) is 10.8. The highest BCUT2D eigenvalue weighted by Crippen LogP contribution is 2.10. The molecule has 2 aromatic rings. The van der Waals surface area contributed by atoms with Gasteiger partial charge in [-0.25, -0.2) is 14.2 Å². The number of halogens is 3. The van der Waals surface area contributed by atoms with E-state index < -0.39 is 11.6 Å². The van der Waals surface area contributed by atoms with Crippen molar-refractivity contribution in [1.82, 2.24) is 5.43 Å². The van der Waals surface area contributed by atoms with E-state index in [4.69, 9.17) is 11.6 Å². The first-order valence-electron chi connectivity index (χ1n) is 6.06. The Bertz CT molecular complexity index is 672. The van der Waals surface area contributed by atoms with Crippen molar-refractivity contribution >= 4 is 23.7 Å². The van der Waals surface area contributed by atoms with Crippen LogP contribution in [0.2, 0.25) is 5.02 Å². The number of nitrogens with one attached hydrogen (secondary N) is 1. The van der Waals surface area contributed by atoms with Gasteiger partial charge in [0, 0.05) is 5.02 Å². The van der Waals surface area contributed by atoms with Crippen LogP contribution in [-0.2, 0) is 11.2 Å². The van der Waals surface area contributed by atoms with E-state index in [0.717, 1.165) is 17.7 Å². The van der Waals surface area contributed by atoms with E-state index in [1.54, 1.807) is 24.3 Å². The average molecular weight is 309 g/mol. The van der Waals surface area contributed by atoms with Gasteiger partial charge >= 0.3 is 0 Å². The topological polar surface area (TPSA) is 41.5 Å². The zero-order valence-corrected chi connectivity index (χ0v) is 11.6. The van der Waals surface area contributed by atoms with Gasteiger partial charge in [0.2, 0.25) is 5.91 Å². The fourth-order valence-electron chi connectivity index (χ4n) is 1.60. The molecule has 0 saturated carbocycles. The number of hydrogen-bond acceptors (Lipinski definition) is 2. The molecule has 0 aliphatic heterocycles. The lowest BCUT2D eigenvalue weighted by Gasteiger charge is -2.01. The van der Waals surface area contributed by atoms with Gasteiger partial charge in [-0.15, -0.1) is 0 Å². The van der Waals surface area contributed by atoms with Crippen LogP contribution < -0.4 is 5.43 Å². The number of hydrazone groups is 1. The first-order valence-corrected chi connectivity index (χ1v) is 6.44. The Morgan fingerprint density at radius 3 is 2.52 bits per heavy atom. The van der Waals surface area contributed by atoms with Gasteiger partial charge in [0.1, 0.15) is 0 Å². The Morgan fingerprint density at radius 2 is 1.86 bits per heavy atom. The minimum absolute atomic E-state index is 0.145. The summed E-state index contributed by atoms with van der Waals surface area (Å²) in [4.78, 5) is 11.6. The lowest BCUT2D eigenvalue weighted by Crippen LogP contribution is -2.19. The average Bonchev–Trinajstić information content (AvgIpc) is 2.45. The van der Waals surface area contributed by atoms with Crippen LogP contribution in [-0.4, -0.2) is 12.1 Å². The molecule has 0 aromatic heterocycles. The molecule has 1 N–H and O–H groups in total. The summed E-state index contributed by atoms with van der Waals surface area (Å²) in [5.41, 5.74) is 3.45. The lowest BCUT2D eigenvalue weighted by atomic mass is 10.1. The van der Waals surface area contributed by atoms with Crippen LogP contribution in [0.4, 0.5) is 8.78 Å². The van der Waals surface area contributed by atoms with Crippen molar-refractivity contribution in [2.24, 2.45) is 5.10 Å². The van der Waals surface area contributed by atoms with Gasteiger partial charge < -0.3 is 0 Å². The molecule has 6 heteroatoms. The summed E-state index contributed by atoms with van der Waals surface area (Å²) >= 11 is 5.74. The maximum absolute atomic E-state index is 13.0. The van der Waals surface area contributed by atoms with Gasteiger partial charge in [-0.3, -0.25) is 4.79 Å². The third-order valence-corrected chi connectivity index (χ3v) is 2.88. The fraction of sp³-hybridized carbons (Fsp3) is 0.0667. The summed E-state index contributed by atoms with van der Waals surface area (Å²) in [6, 6.07) is 10.2. The molecule has 0 saturated heterocycles. The molecule has 3 nitrogen and oxygen atoms in total. The first kappa shape index (κ1) is 15.1. The van der Waals surface area contributed by atoms with Crippen LogP contribution in [0.15, 0.2) is 47.6 Å². The van der Waals surface area contributed by atoms with Gasteiger partial charge in [0.05, 0.1) is 12.6 Å². The number of nitrogens with zero attached hydrogens (tertiary/aromatic N) is 1. The zero-order chi connectivity index (χ0) is 15.2. The van der Waals surface area contributed by atoms with Crippen molar-refractivity contribution in [3.8, 4) is 0 Å². The first-order chi connectivity index (χ1) is 10.0. The van der Waals surface area contributed by atoms with E-state index in [1.807, 2.05) is 0 Å². The second kappa shape index (κ2) is 6.95. The number of hydrogen-bond donors (Lipinski definition) is 1. The number of amides is 1. The van der Waals surface area contributed by atoms with E-state index in [9.17, 15) is 13.6 Å². The summed E-state index contributed by atoms with van der Waals surface area (Å²) in [6.45, 7) is 0. The minimum atomic E-state index is -0.966. The van der Waals surface area contributed by atoms with Crippen molar-refractivity contribution in [2.75, 3.05) is 0 Å². The molecular weight excluding hydrogens is 298 g/mol. The van der Waals surface area contributed by atoms with Crippen molar-refractivity contribution < 1.29 is 13.6 Å². The molecule has 0 radical (unpaired) electrons. The number of rotatable bonds is 4. The fourth-order valence-corrected chi connectivity index (χ4v) is 1.72. The molecule has 0 fully saturated rings. The largest absolute Gasteiger partial charge is 0.273 e. The number of carbonyl (C=O) groups excluding carboxylic acids is 1. The molecule has 0 atom stereocenters. The van der Waals surface area contributed by atoms with E-state index in [-0.39, 0.29) is 12.3 Å². The molecule has 2 rings (SSSR count). The highest BCUT2D eigenvalue weighted by atomic mass is 35.5. The van der Waals surface area contributed by atoms with Crippen LogP contribution in [0.1, 0.15) is 11.1 Å². The van der Waals surface area contributed by atoms with Gasteiger partial charge in [-0.1, -0.05) is 29.8 Å². The Balaban J connectivity index is 1.89. The van der Waals surface area contributed by atoms with Crippen molar-refractivity contribution in [3.05, 3.63) is 70.2 Å². The highest BCUT2D eigenvalue weighted by Gasteiger charge is 2.03. The van der Waals surface area contributed by atoms with Crippen molar-refractivity contribution in [3.63, 3.8) is 0 Å². The predicted octanol–water partition coefficient (Wildman–Crippen LogP) is 3.31. The Labute approximate surface area is 125 Å². The van der Waals surface area contributed by atoms with Crippen LogP contribution in [0.3, 0.4) is 0 Å². The van der Waals surface area contributed by atoms with Crippen LogP contribution in [0, 0.1) is 11.6 Å². The third kappa shape index (κ3) is 4.65. The summed E-state index contributed by atoms with van der Waals surface area (Å²) in [5, 5.41) is 4.28. The van der Waals surface area contributed by atoms with Gasteiger partial charge in [-0.05, 0) is 35.4 Å². The molecule has 108 valence electrons. The normalized spacial score (nSPS) is 10.8. The second-order valence-corrected chi connectivity index (χ2v) is 4.71. The highest BCUT2D eigenvalue weighted by molar-refractivity contribution is 6.30. The Morgan fingerprint density at radius 1 is 1.14 bits per heavy atom. The van der Waals surface area contributed by atoms with Gasteiger partial charge in [0.25, 0.3) is 0 Å². The monoisotopic (exact) mass is 308 g/mol. The van der Waals surface area contributed by atoms with Crippen molar-refractivity contribution in [1.29, 1.82) is 0 Å². The summed E-state index contributed by atoms with van der Waals surface area (Å²) in [7, 11) is 0. The van der Waals surface area contributed by atoms with E-state index in [0.29, 0.717) is 10.6 Å². The molecular formula is C15H11ClF2N2O. The second-order valence-electron chi connectivity index (χ2n) is 4.27. The summed E-state index contributed by atoms with van der Waals surface area (Å²) in [6.07, 6.45) is 1.38. The minimum Gasteiger partial charge on any atom is -0.273 e. The van der Waals surface area contributed by atoms with E-state index in [1.165, 1.54) is 12.3 Å². The maximum Gasteiger partial charge on any atom is 0.244 e. The quantitative estimate of drug-likeness (QED) is 0.683. The molecule has 0 heterocycles. The molecule has 0 aliphatic carbocycles. The van der Waals surface area contributed by atoms with E-state index >= 15 is 0 Å². The van der Waals surface area contributed by atoms with Gasteiger partial charge in [-0.2, -0.15) is 5.10 Å². The molecule has 0 bridgehead atoms. The number of carbonyl (C=O) groups is 1. The van der Waals surface area contributed by atoms with Gasteiger partial charge in [0.15, 0.2) is 11.6 Å². The van der Waals surface area contributed by atoms with Crippen molar-refractivity contribution in [2.45, 2.75) is 6.42 Å². The van der Waals surface area contributed by atoms with Crippen LogP contribution in [0.25, 0.3) is 0 Å². The molecule has 0 unspecified atom stereocenters. The Kier molecular flexibility index (Phi) is 5.00. The SMILES string of the molecule is O=C(Cc1ccc(Cl)cc1)N/N=C/c1ccc(F)c(F)c1. The predicted molar refractivity (Wildman–Crippen MR) is 77.3 cm³/mol. The Hall–Kier alpha value is -2.27. The molecule has 0 aliphatic rings. The molecule has 21 heavy (non-hydrogen) atoms. The summed E-state index contributed by atoms with van der Waals surface area (Å²) in [5.74, 6) is -2.22. The standard InChI is InChI=1S/C15H11ClF2N2O/c16-12-4-1-10(2-5-12)8-15(21)20-19-9-11-3-6-13(17)14(18)7-11/h1-7,9H,8H2,(H,20,21)/b19-9+. The summed E-state index contributed by atoms with van der Waals surface area (Å²) < 4.78 is 25.7. The molecule has 1 amide bonds. The number of benzene rings is 2. The smallest absolute Gasteiger partial charge is 0.244 e. The molecule has 0 spiro atoms. The lowest BCUT2D eigenvalue weighted by molar-refractivity contribution is -0.120. The maximum atomic E-state index is 13.0. The van der Waals surface area contributed by atoms with Crippen LogP contribution >= 0.6 is 11.6 Å². The third-order valence-electron chi connectivity index (χ3n) is 2.62.